The fourth-order valence-corrected chi connectivity index (χ4v) is 9.70. The van der Waals surface area contributed by atoms with E-state index in [4.69, 9.17) is 0 Å². The van der Waals surface area contributed by atoms with Gasteiger partial charge >= 0.3 is 133 Å². The summed E-state index contributed by atoms with van der Waals surface area (Å²) in [4.78, 5) is 0. The Bertz CT molecular complexity index is 445. The molecule has 0 aromatic rings. The van der Waals surface area contributed by atoms with Crippen molar-refractivity contribution in [3.63, 3.8) is 0 Å². The molecule has 0 saturated heterocycles. The molecule has 20 heavy (non-hydrogen) atoms. The van der Waals surface area contributed by atoms with Crippen LogP contribution in [0.1, 0.15) is 53.4 Å². The maximum atomic E-state index is 2.67. The molecule has 2 aliphatic carbocycles. The molecule has 2 aliphatic rings. The van der Waals surface area contributed by atoms with Gasteiger partial charge in [0.1, 0.15) is 0 Å². The Balaban J connectivity index is 2.32. The molecule has 0 amide bonds. The molecular weight excluding hydrogens is 292 g/mol. The van der Waals surface area contributed by atoms with E-state index in [-0.39, 0.29) is 9.52 Å². The van der Waals surface area contributed by atoms with E-state index in [1.54, 1.807) is 5.57 Å². The van der Waals surface area contributed by atoms with E-state index in [0.29, 0.717) is 8.76 Å². The van der Waals surface area contributed by atoms with E-state index >= 15 is 0 Å². The predicted molar refractivity (Wildman–Crippen MR) is 92.6 cm³/mol. The first-order valence-corrected chi connectivity index (χ1v) is 15.7. The topological polar surface area (TPSA) is 0 Å². The third-order valence-corrected chi connectivity index (χ3v) is 13.7. The van der Waals surface area contributed by atoms with E-state index in [1.165, 1.54) is 31.7 Å². The van der Waals surface area contributed by atoms with Crippen molar-refractivity contribution < 1.29 is 16.6 Å². The fraction of sp³-hybridized carbons (Fsp3) is 0.778. The second-order valence-corrected chi connectivity index (χ2v) is 21.0. The van der Waals surface area contributed by atoms with Crippen LogP contribution < -0.4 is 0 Å². The van der Waals surface area contributed by atoms with Gasteiger partial charge in [0.2, 0.25) is 0 Å². The maximum absolute atomic E-state index is 2.67. The van der Waals surface area contributed by atoms with Crippen LogP contribution in [0.3, 0.4) is 0 Å². The second-order valence-electron chi connectivity index (χ2n) is 9.32. The van der Waals surface area contributed by atoms with E-state index in [9.17, 15) is 0 Å². The third kappa shape index (κ3) is 3.10. The normalized spacial score (nSPS) is 28.2. The van der Waals surface area contributed by atoms with Crippen molar-refractivity contribution in [2.75, 3.05) is 0 Å². The Hall–Kier alpha value is 0.411. The van der Waals surface area contributed by atoms with Crippen LogP contribution in [0.2, 0.25) is 30.5 Å². The average Bonchev–Trinajstić information content (AvgIpc) is 2.60. The van der Waals surface area contributed by atoms with Crippen molar-refractivity contribution in [1.29, 1.82) is 0 Å². The molecule has 0 aromatic carbocycles. The Labute approximate surface area is 132 Å². The molecule has 2 rings (SSSR count). The van der Waals surface area contributed by atoms with Gasteiger partial charge < -0.3 is 0 Å². The van der Waals surface area contributed by atoms with Crippen LogP contribution in [0.15, 0.2) is 22.8 Å². The first-order valence-electron chi connectivity index (χ1n) is 8.49. The first kappa shape index (κ1) is 16.8. The van der Waals surface area contributed by atoms with Crippen molar-refractivity contribution in [3.8, 4) is 0 Å². The fourth-order valence-electron chi connectivity index (χ4n) is 3.97. The van der Waals surface area contributed by atoms with Crippen LogP contribution in [0.4, 0.5) is 0 Å². The molecule has 2 heteroatoms. The average molecular weight is 326 g/mol. The van der Waals surface area contributed by atoms with Crippen LogP contribution in [-0.4, -0.2) is 9.52 Å². The second kappa shape index (κ2) is 5.56. The van der Waals surface area contributed by atoms with Gasteiger partial charge in [0.05, 0.1) is 0 Å². The summed E-state index contributed by atoms with van der Waals surface area (Å²) in [5.41, 5.74) is 5.50. The van der Waals surface area contributed by atoms with Crippen molar-refractivity contribution in [2.45, 2.75) is 83.9 Å². The van der Waals surface area contributed by atoms with E-state index < -0.39 is 16.6 Å². The van der Waals surface area contributed by atoms with Crippen LogP contribution in [0, 0.1) is 0 Å². The first-order chi connectivity index (χ1) is 9.06. The van der Waals surface area contributed by atoms with Gasteiger partial charge in [-0.05, 0) is 0 Å². The molecule has 1 atom stereocenters. The number of rotatable bonds is 3. The Morgan fingerprint density at radius 3 is 2.30 bits per heavy atom. The summed E-state index contributed by atoms with van der Waals surface area (Å²) < 4.78 is 0.522. The number of allylic oxidation sites excluding steroid dienone is 4. The Kier molecular flexibility index (Phi) is 4.66. The zero-order chi connectivity index (χ0) is 15.2. The van der Waals surface area contributed by atoms with E-state index in [2.05, 4.69) is 49.5 Å². The summed E-state index contributed by atoms with van der Waals surface area (Å²) in [6, 6.07) is 1.45. The third-order valence-electron chi connectivity index (χ3n) is 5.75. The molecule has 0 N–H and O–H groups in total. The summed E-state index contributed by atoms with van der Waals surface area (Å²) in [6.07, 6.45) is 8.29. The summed E-state index contributed by atoms with van der Waals surface area (Å²) >= 11 is -1.77. The summed E-state index contributed by atoms with van der Waals surface area (Å²) in [5.74, 6) is 0. The predicted octanol–water partition coefficient (Wildman–Crippen LogP) is 6.08. The molecule has 1 unspecified atom stereocenters. The van der Waals surface area contributed by atoms with Gasteiger partial charge in [-0.1, -0.05) is 0 Å². The summed E-state index contributed by atoms with van der Waals surface area (Å²) in [5, 5.41) is 8.50. The monoisotopic (exact) mass is 326 g/mol. The van der Waals surface area contributed by atoms with Crippen LogP contribution in [0.5, 0.6) is 0 Å². The minimum absolute atomic E-state index is 0.0117. The van der Waals surface area contributed by atoms with Gasteiger partial charge in [-0.25, -0.2) is 0 Å². The quantitative estimate of drug-likeness (QED) is 0.551. The Morgan fingerprint density at radius 1 is 1.15 bits per heavy atom. The molecular formula is C18H34SiTi. The molecule has 0 heterocycles. The molecule has 0 nitrogen and oxygen atoms in total. The molecule has 0 spiro atoms. The van der Waals surface area contributed by atoms with Crippen molar-refractivity contribution in [2.24, 2.45) is 0 Å². The Morgan fingerprint density at radius 2 is 1.75 bits per heavy atom. The van der Waals surface area contributed by atoms with Crippen LogP contribution >= 0.6 is 0 Å². The minimum atomic E-state index is -1.77. The van der Waals surface area contributed by atoms with Gasteiger partial charge in [-0.3, -0.25) is 0 Å². The SMILES string of the molecule is CC(C)(C)[SiH2]CC1=CC2=C(CCCC2)[C]1(C)[Ti]([CH3])([CH3])[CH3]. The molecule has 0 saturated carbocycles. The molecule has 0 bridgehead atoms. The molecule has 0 aliphatic heterocycles. The van der Waals surface area contributed by atoms with Crippen molar-refractivity contribution in [3.05, 3.63) is 22.8 Å². The number of hydrogen-bond acceptors (Lipinski definition) is 0. The molecule has 0 aromatic heterocycles. The van der Waals surface area contributed by atoms with Gasteiger partial charge in [-0.15, -0.1) is 0 Å². The van der Waals surface area contributed by atoms with Crippen LogP contribution in [-0.2, 0) is 16.6 Å². The van der Waals surface area contributed by atoms with Gasteiger partial charge in [-0.2, -0.15) is 0 Å². The molecule has 0 radical (unpaired) electrons. The zero-order valence-electron chi connectivity index (χ0n) is 14.8. The standard InChI is InChI=1S/C15H25Si.3CH3.Ti/c1-11-13(10-16-15(2,3)4)9-12-7-5-6-8-14(11)12;;;;/h9H,5-8,10,16H2,1-4H3;3*1H3;. The summed E-state index contributed by atoms with van der Waals surface area (Å²) in [7, 11) is -0.0117. The van der Waals surface area contributed by atoms with E-state index in [0.717, 1.165) is 0 Å². The van der Waals surface area contributed by atoms with Crippen LogP contribution in [0.25, 0.3) is 0 Å². The zero-order valence-corrected chi connectivity index (χ0v) is 17.8. The molecule has 114 valence electrons. The van der Waals surface area contributed by atoms with Gasteiger partial charge in [0, 0.05) is 0 Å². The van der Waals surface area contributed by atoms with Crippen molar-refractivity contribution in [1.82, 2.24) is 0 Å². The number of hydrogen-bond donors (Lipinski definition) is 0. The van der Waals surface area contributed by atoms with Crippen molar-refractivity contribution >= 4 is 9.52 Å². The molecule has 0 fully saturated rings. The van der Waals surface area contributed by atoms with Gasteiger partial charge in [0.25, 0.3) is 0 Å². The van der Waals surface area contributed by atoms with E-state index in [1.807, 2.05) is 11.1 Å². The van der Waals surface area contributed by atoms with Gasteiger partial charge in [0.15, 0.2) is 0 Å². The summed E-state index contributed by atoms with van der Waals surface area (Å²) in [6.45, 7) is 9.96.